The number of hydrogen-bond acceptors (Lipinski definition) is 6. The van der Waals surface area contributed by atoms with Gasteiger partial charge in [0.25, 0.3) is 0 Å². The molecule has 1 saturated heterocycles. The Morgan fingerprint density at radius 3 is 2.38 bits per heavy atom. The van der Waals surface area contributed by atoms with Crippen LogP contribution in [0.25, 0.3) is 11.3 Å². The Labute approximate surface area is 232 Å². The summed E-state index contributed by atoms with van der Waals surface area (Å²) >= 11 is 0. The summed E-state index contributed by atoms with van der Waals surface area (Å²) in [5, 5.41) is 10.3. The zero-order valence-corrected chi connectivity index (χ0v) is 24.2. The van der Waals surface area contributed by atoms with E-state index in [0.717, 1.165) is 42.7 Å². The zero-order chi connectivity index (χ0) is 28.4. The summed E-state index contributed by atoms with van der Waals surface area (Å²) in [5.41, 5.74) is 5.47. The van der Waals surface area contributed by atoms with Crippen molar-refractivity contribution in [1.29, 1.82) is 0 Å². The van der Waals surface area contributed by atoms with Crippen LogP contribution in [0.4, 0.5) is 5.69 Å². The molecule has 0 aliphatic carbocycles. The van der Waals surface area contributed by atoms with E-state index in [-0.39, 0.29) is 5.41 Å². The number of anilines is 1. The molecule has 3 aromatic rings. The predicted molar refractivity (Wildman–Crippen MR) is 154 cm³/mol. The second kappa shape index (κ2) is 11.3. The summed E-state index contributed by atoms with van der Waals surface area (Å²) in [6, 6.07) is 12.0. The van der Waals surface area contributed by atoms with Gasteiger partial charge in [0.2, 0.25) is 0 Å². The lowest BCUT2D eigenvalue weighted by Crippen LogP contribution is -2.39. The fraction of sp³-hybridized carbons (Fsp3) is 0.469. The number of aliphatic carboxylic acids is 1. The van der Waals surface area contributed by atoms with Crippen molar-refractivity contribution in [3.63, 3.8) is 0 Å². The van der Waals surface area contributed by atoms with Gasteiger partial charge in [-0.15, -0.1) is 0 Å². The van der Waals surface area contributed by atoms with E-state index in [0.29, 0.717) is 29.3 Å². The van der Waals surface area contributed by atoms with E-state index >= 15 is 0 Å². The van der Waals surface area contributed by atoms with Gasteiger partial charge in [-0.05, 0) is 70.6 Å². The number of pyridine rings is 2. The van der Waals surface area contributed by atoms with Crippen molar-refractivity contribution in [2.75, 3.05) is 18.0 Å². The normalized spacial score (nSPS) is 16.1. The molecule has 7 nitrogen and oxygen atoms in total. The second-order valence-corrected chi connectivity index (χ2v) is 12.3. The molecule has 208 valence electrons. The van der Waals surface area contributed by atoms with Crippen molar-refractivity contribution < 1.29 is 19.4 Å². The molecule has 1 N–H and O–H groups in total. The molecule has 1 aromatic carbocycles. The largest absolute Gasteiger partial charge is 0.487 e. The van der Waals surface area contributed by atoms with Crippen LogP contribution in [0.3, 0.4) is 0 Å². The van der Waals surface area contributed by atoms with Crippen LogP contribution in [0.1, 0.15) is 75.9 Å². The average Bonchev–Trinajstić information content (AvgIpc) is 2.86. The van der Waals surface area contributed by atoms with Gasteiger partial charge in [-0.25, -0.2) is 4.79 Å². The number of hydrogen-bond donors (Lipinski definition) is 1. The third-order valence-corrected chi connectivity index (χ3v) is 7.18. The summed E-state index contributed by atoms with van der Waals surface area (Å²) in [7, 11) is 0. The van der Waals surface area contributed by atoms with Crippen LogP contribution >= 0.6 is 0 Å². The number of piperidine rings is 1. The van der Waals surface area contributed by atoms with Crippen LogP contribution < -0.4 is 9.64 Å². The number of carboxylic acids is 1. The van der Waals surface area contributed by atoms with Crippen LogP contribution in [0, 0.1) is 19.3 Å². The van der Waals surface area contributed by atoms with Gasteiger partial charge >= 0.3 is 5.97 Å². The Morgan fingerprint density at radius 2 is 1.79 bits per heavy atom. The smallest absolute Gasteiger partial charge is 0.337 e. The van der Waals surface area contributed by atoms with E-state index in [1.165, 1.54) is 5.56 Å². The number of rotatable bonds is 8. The molecule has 1 aliphatic rings. The Hall–Kier alpha value is -3.45. The highest BCUT2D eigenvalue weighted by molar-refractivity contribution is 5.85. The molecule has 4 rings (SSSR count). The number of aryl methyl sites for hydroxylation is 2. The average molecular weight is 532 g/mol. The molecule has 39 heavy (non-hydrogen) atoms. The van der Waals surface area contributed by atoms with Crippen LogP contribution in [0.2, 0.25) is 0 Å². The molecule has 3 heterocycles. The molecular formula is C32H41N3O4. The third kappa shape index (κ3) is 7.15. The van der Waals surface area contributed by atoms with Crippen molar-refractivity contribution in [3.05, 3.63) is 71.2 Å². The van der Waals surface area contributed by atoms with Gasteiger partial charge in [0.1, 0.15) is 12.4 Å². The highest BCUT2D eigenvalue weighted by Crippen LogP contribution is 2.43. The summed E-state index contributed by atoms with van der Waals surface area (Å²) < 4.78 is 12.1. The van der Waals surface area contributed by atoms with Crippen molar-refractivity contribution in [2.24, 2.45) is 5.41 Å². The van der Waals surface area contributed by atoms with Crippen molar-refractivity contribution >= 4 is 11.7 Å². The van der Waals surface area contributed by atoms with E-state index in [1.807, 2.05) is 52.0 Å². The molecular weight excluding hydrogens is 490 g/mol. The Bertz CT molecular complexity index is 1300. The first-order valence-corrected chi connectivity index (χ1v) is 13.6. The molecule has 1 aliphatic heterocycles. The molecule has 2 aromatic heterocycles. The first-order valence-electron chi connectivity index (χ1n) is 13.6. The lowest BCUT2D eigenvalue weighted by Gasteiger charge is -2.40. The van der Waals surface area contributed by atoms with E-state index in [1.54, 1.807) is 12.4 Å². The Balaban J connectivity index is 1.73. The van der Waals surface area contributed by atoms with Crippen LogP contribution in [-0.2, 0) is 16.1 Å². The second-order valence-electron chi connectivity index (χ2n) is 12.3. The minimum Gasteiger partial charge on any atom is -0.487 e. The number of carbonyl (C=O) groups is 1. The fourth-order valence-electron chi connectivity index (χ4n) is 4.97. The third-order valence-electron chi connectivity index (χ3n) is 7.18. The van der Waals surface area contributed by atoms with Gasteiger partial charge in [0.15, 0.2) is 6.10 Å². The monoisotopic (exact) mass is 531 g/mol. The van der Waals surface area contributed by atoms with Crippen LogP contribution in [-0.4, -0.2) is 39.7 Å². The van der Waals surface area contributed by atoms with E-state index < -0.39 is 17.7 Å². The molecule has 0 unspecified atom stereocenters. The number of nitrogens with zero attached hydrogens (tertiary/aromatic N) is 3. The minimum atomic E-state index is -1.15. The molecule has 0 amide bonds. The quantitative estimate of drug-likeness (QED) is 0.338. The number of aromatic nitrogens is 2. The summed E-state index contributed by atoms with van der Waals surface area (Å²) in [5.74, 6) is -0.361. The molecule has 1 atom stereocenters. The van der Waals surface area contributed by atoms with Crippen LogP contribution in [0.5, 0.6) is 5.75 Å². The minimum absolute atomic E-state index is 0.238. The maximum absolute atomic E-state index is 12.6. The molecule has 0 spiro atoms. The lowest BCUT2D eigenvalue weighted by atomic mass is 9.82. The summed E-state index contributed by atoms with van der Waals surface area (Å²) in [6.07, 6.45) is 4.38. The number of ether oxygens (including phenoxy) is 2. The van der Waals surface area contributed by atoms with Gasteiger partial charge in [-0.3, -0.25) is 9.97 Å². The SMILES string of the molecule is Cc1cccc(COc2ccc(-c3cnc(C)c([C@H](OC(C)(C)C)C(=O)O)c3N3CCC(C)(C)CC3)nc2)c1. The predicted octanol–water partition coefficient (Wildman–Crippen LogP) is 6.91. The Morgan fingerprint density at radius 1 is 1.08 bits per heavy atom. The van der Waals surface area contributed by atoms with Crippen LogP contribution in [0.15, 0.2) is 48.8 Å². The number of benzene rings is 1. The van der Waals surface area contributed by atoms with Gasteiger partial charge < -0.3 is 19.5 Å². The molecule has 1 fully saturated rings. The van der Waals surface area contributed by atoms with Gasteiger partial charge in [0, 0.05) is 36.1 Å². The zero-order valence-electron chi connectivity index (χ0n) is 24.2. The van der Waals surface area contributed by atoms with Gasteiger partial charge in [-0.2, -0.15) is 0 Å². The van der Waals surface area contributed by atoms with E-state index in [4.69, 9.17) is 14.5 Å². The van der Waals surface area contributed by atoms with E-state index in [2.05, 4.69) is 42.8 Å². The first-order chi connectivity index (χ1) is 18.3. The summed E-state index contributed by atoms with van der Waals surface area (Å²) in [6.45, 7) is 16.2. The maximum Gasteiger partial charge on any atom is 0.337 e. The standard InChI is InChI=1S/C32H41N3O4/c1-21-9-8-10-23(17-21)20-38-24-11-12-26(34-18-24)25-19-33-22(2)27(29(30(36)37)39-31(3,4)5)28(25)35-15-13-32(6,7)14-16-35/h8-12,17-19,29H,13-16,20H2,1-7H3,(H,36,37)/t29-/m0/s1. The van der Waals surface area contributed by atoms with Gasteiger partial charge in [0.05, 0.1) is 23.2 Å². The van der Waals surface area contributed by atoms with Crippen molar-refractivity contribution in [2.45, 2.75) is 79.6 Å². The molecule has 0 bridgehead atoms. The Kier molecular flexibility index (Phi) is 8.31. The highest BCUT2D eigenvalue weighted by atomic mass is 16.5. The number of carboxylic acid groups (broad SMARTS) is 1. The molecule has 0 radical (unpaired) electrons. The molecule has 0 saturated carbocycles. The topological polar surface area (TPSA) is 84.8 Å². The van der Waals surface area contributed by atoms with Gasteiger partial charge in [-0.1, -0.05) is 43.7 Å². The molecule has 7 heteroatoms. The fourth-order valence-corrected chi connectivity index (χ4v) is 4.97. The summed E-state index contributed by atoms with van der Waals surface area (Å²) in [4.78, 5) is 24.2. The van der Waals surface area contributed by atoms with Crippen molar-refractivity contribution in [3.8, 4) is 17.0 Å². The first kappa shape index (κ1) is 28.6. The van der Waals surface area contributed by atoms with Crippen molar-refractivity contribution in [1.82, 2.24) is 9.97 Å². The maximum atomic E-state index is 12.6. The highest BCUT2D eigenvalue weighted by Gasteiger charge is 2.36. The van der Waals surface area contributed by atoms with E-state index in [9.17, 15) is 9.90 Å². The lowest BCUT2D eigenvalue weighted by molar-refractivity contribution is -0.160.